The van der Waals surface area contributed by atoms with E-state index in [2.05, 4.69) is 29.2 Å². The van der Waals surface area contributed by atoms with Gasteiger partial charge in [0.05, 0.1) is 16.2 Å². The molecule has 2 aromatic rings. The average Bonchev–Trinajstić information content (AvgIpc) is 2.49. The number of halogens is 1. The third-order valence-electron chi connectivity index (χ3n) is 2.81. The summed E-state index contributed by atoms with van der Waals surface area (Å²) in [6.45, 7) is 3.73. The van der Waals surface area contributed by atoms with Crippen LogP contribution in [0, 0.1) is 3.57 Å². The molecule has 0 aliphatic rings. The first-order valence-corrected chi connectivity index (χ1v) is 7.14. The highest BCUT2D eigenvalue weighted by Gasteiger charge is 2.12. The maximum atomic E-state index is 10.8. The van der Waals surface area contributed by atoms with Crippen LogP contribution in [0.5, 0.6) is 17.2 Å². The zero-order chi connectivity index (χ0) is 15.4. The number of rotatable bonds is 5. The molecular formula is C16H13IO4. The van der Waals surface area contributed by atoms with Crippen LogP contribution in [0.25, 0.3) is 6.08 Å². The van der Waals surface area contributed by atoms with Crippen LogP contribution in [0.1, 0.15) is 15.9 Å². The quantitative estimate of drug-likeness (QED) is 0.760. The molecule has 21 heavy (non-hydrogen) atoms. The predicted octanol–water partition coefficient (Wildman–Crippen LogP) is 4.43. The van der Waals surface area contributed by atoms with Gasteiger partial charge < -0.3 is 14.6 Å². The lowest BCUT2D eigenvalue weighted by Crippen LogP contribution is -1.97. The Kier molecular flexibility index (Phi) is 4.85. The molecule has 0 aromatic heterocycles. The molecule has 108 valence electrons. The lowest BCUT2D eigenvalue weighted by Gasteiger charge is -2.13. The minimum absolute atomic E-state index is 0.214. The van der Waals surface area contributed by atoms with E-state index < -0.39 is 5.97 Å². The minimum Gasteiger partial charge on any atom is -0.493 e. The lowest BCUT2D eigenvalue weighted by molar-refractivity contribution is 0.0697. The van der Waals surface area contributed by atoms with E-state index in [-0.39, 0.29) is 5.56 Å². The van der Waals surface area contributed by atoms with Gasteiger partial charge in [0.1, 0.15) is 5.75 Å². The Morgan fingerprint density at radius 3 is 2.48 bits per heavy atom. The van der Waals surface area contributed by atoms with Crippen LogP contribution >= 0.6 is 22.6 Å². The van der Waals surface area contributed by atoms with Gasteiger partial charge >= 0.3 is 5.97 Å². The molecular weight excluding hydrogens is 383 g/mol. The molecule has 2 rings (SSSR count). The maximum Gasteiger partial charge on any atom is 0.335 e. The molecule has 4 nitrogen and oxygen atoms in total. The molecule has 0 saturated carbocycles. The third kappa shape index (κ3) is 3.55. The number of carbonyl (C=O) groups is 1. The van der Waals surface area contributed by atoms with Crippen LogP contribution in [-0.2, 0) is 0 Å². The predicted molar refractivity (Wildman–Crippen MR) is 89.3 cm³/mol. The van der Waals surface area contributed by atoms with Gasteiger partial charge in [0.2, 0.25) is 0 Å². The number of hydrogen-bond acceptors (Lipinski definition) is 3. The summed E-state index contributed by atoms with van der Waals surface area (Å²) in [6.07, 6.45) is 1.73. The molecule has 0 amide bonds. The molecule has 0 atom stereocenters. The third-order valence-corrected chi connectivity index (χ3v) is 3.61. The van der Waals surface area contributed by atoms with Gasteiger partial charge in [-0.3, -0.25) is 0 Å². The molecule has 0 aliphatic carbocycles. The summed E-state index contributed by atoms with van der Waals surface area (Å²) in [5, 5.41) is 8.88. The Morgan fingerprint density at radius 2 is 1.95 bits per heavy atom. The second-order valence-electron chi connectivity index (χ2n) is 4.17. The average molecular weight is 396 g/mol. The molecule has 0 spiro atoms. The fourth-order valence-electron chi connectivity index (χ4n) is 1.74. The van der Waals surface area contributed by atoms with E-state index in [0.717, 1.165) is 9.13 Å². The number of hydrogen-bond donors (Lipinski definition) is 1. The molecule has 2 aromatic carbocycles. The molecule has 0 fully saturated rings. The molecule has 5 heteroatoms. The number of aromatic carboxylic acids is 1. The van der Waals surface area contributed by atoms with Crippen molar-refractivity contribution < 1.29 is 19.4 Å². The fourth-order valence-corrected chi connectivity index (χ4v) is 2.48. The van der Waals surface area contributed by atoms with E-state index in [0.29, 0.717) is 17.2 Å². The Hall–Kier alpha value is -2.02. The molecule has 1 N–H and O–H groups in total. The number of methoxy groups -OCH3 is 1. The summed E-state index contributed by atoms with van der Waals surface area (Å²) in [4.78, 5) is 10.8. The van der Waals surface area contributed by atoms with Crippen molar-refractivity contribution in [1.82, 2.24) is 0 Å². The van der Waals surface area contributed by atoms with Crippen molar-refractivity contribution in [3.05, 3.63) is 57.7 Å². The first-order chi connectivity index (χ1) is 10.0. The zero-order valence-corrected chi connectivity index (χ0v) is 13.5. The van der Waals surface area contributed by atoms with E-state index in [1.165, 1.54) is 12.1 Å². The van der Waals surface area contributed by atoms with E-state index in [9.17, 15) is 4.79 Å². The van der Waals surface area contributed by atoms with Gasteiger partial charge in [0.15, 0.2) is 11.5 Å². The highest BCUT2D eigenvalue weighted by Crippen LogP contribution is 2.37. The Morgan fingerprint density at radius 1 is 1.29 bits per heavy atom. The minimum atomic E-state index is -0.968. The standard InChI is InChI=1S/C16H13IO4/c1-3-10-8-13(17)15(14(9-10)20-2)21-12-6-4-11(5-7-12)16(18)19/h3-9H,1H2,2H3,(H,18,19). The first kappa shape index (κ1) is 15.4. The summed E-state index contributed by atoms with van der Waals surface area (Å²) in [5.41, 5.74) is 1.15. The number of carboxylic acids is 1. The van der Waals surface area contributed by atoms with Gasteiger partial charge in [0.25, 0.3) is 0 Å². The molecule has 0 heterocycles. The van der Waals surface area contributed by atoms with Crippen LogP contribution in [0.15, 0.2) is 43.0 Å². The number of benzene rings is 2. The molecule has 0 aliphatic heterocycles. The largest absolute Gasteiger partial charge is 0.493 e. The smallest absolute Gasteiger partial charge is 0.335 e. The van der Waals surface area contributed by atoms with Crippen LogP contribution in [0.3, 0.4) is 0 Å². The lowest BCUT2D eigenvalue weighted by atomic mass is 10.2. The van der Waals surface area contributed by atoms with Crippen LogP contribution in [0.4, 0.5) is 0 Å². The van der Waals surface area contributed by atoms with Crippen LogP contribution in [0.2, 0.25) is 0 Å². The summed E-state index contributed by atoms with van der Waals surface area (Å²) < 4.78 is 12.0. The van der Waals surface area contributed by atoms with Crippen molar-refractivity contribution in [2.75, 3.05) is 7.11 Å². The van der Waals surface area contributed by atoms with Crippen molar-refractivity contribution in [2.45, 2.75) is 0 Å². The van der Waals surface area contributed by atoms with Crippen LogP contribution in [-0.4, -0.2) is 18.2 Å². The van der Waals surface area contributed by atoms with Gasteiger partial charge in [-0.1, -0.05) is 12.7 Å². The zero-order valence-electron chi connectivity index (χ0n) is 11.3. The topological polar surface area (TPSA) is 55.8 Å². The van der Waals surface area contributed by atoms with Gasteiger partial charge in [-0.25, -0.2) is 4.79 Å². The Balaban J connectivity index is 2.34. The van der Waals surface area contributed by atoms with E-state index >= 15 is 0 Å². The van der Waals surface area contributed by atoms with Crippen molar-refractivity contribution in [3.63, 3.8) is 0 Å². The monoisotopic (exact) mass is 396 g/mol. The summed E-state index contributed by atoms with van der Waals surface area (Å²) in [7, 11) is 1.57. The van der Waals surface area contributed by atoms with E-state index in [1.54, 1.807) is 25.3 Å². The number of carboxylic acid groups (broad SMARTS) is 1. The first-order valence-electron chi connectivity index (χ1n) is 6.06. The van der Waals surface area contributed by atoms with E-state index in [1.807, 2.05) is 12.1 Å². The second kappa shape index (κ2) is 6.62. The van der Waals surface area contributed by atoms with Crippen molar-refractivity contribution in [2.24, 2.45) is 0 Å². The van der Waals surface area contributed by atoms with Crippen LogP contribution < -0.4 is 9.47 Å². The van der Waals surface area contributed by atoms with Crippen molar-refractivity contribution in [1.29, 1.82) is 0 Å². The normalized spacial score (nSPS) is 10.0. The van der Waals surface area contributed by atoms with Gasteiger partial charge in [-0.05, 0) is 64.6 Å². The highest BCUT2D eigenvalue weighted by atomic mass is 127. The highest BCUT2D eigenvalue weighted by molar-refractivity contribution is 14.1. The molecule has 0 radical (unpaired) electrons. The number of ether oxygens (including phenoxy) is 2. The summed E-state index contributed by atoms with van der Waals surface area (Å²) in [6, 6.07) is 9.97. The summed E-state index contributed by atoms with van der Waals surface area (Å²) in [5.74, 6) is 0.762. The van der Waals surface area contributed by atoms with Gasteiger partial charge in [-0.15, -0.1) is 0 Å². The van der Waals surface area contributed by atoms with Crippen molar-refractivity contribution in [3.8, 4) is 17.2 Å². The fraction of sp³-hybridized carbons (Fsp3) is 0.0625. The second-order valence-corrected chi connectivity index (χ2v) is 5.33. The van der Waals surface area contributed by atoms with Gasteiger partial charge in [-0.2, -0.15) is 0 Å². The van der Waals surface area contributed by atoms with Crippen molar-refractivity contribution >= 4 is 34.6 Å². The van der Waals surface area contributed by atoms with E-state index in [4.69, 9.17) is 14.6 Å². The SMILES string of the molecule is C=Cc1cc(I)c(Oc2ccc(C(=O)O)cc2)c(OC)c1. The Labute approximate surface area is 136 Å². The molecule has 0 unspecified atom stereocenters. The van der Waals surface area contributed by atoms with Gasteiger partial charge in [0, 0.05) is 0 Å². The molecule has 0 bridgehead atoms. The summed E-state index contributed by atoms with van der Waals surface area (Å²) >= 11 is 2.16. The maximum absolute atomic E-state index is 10.8. The Bertz CT molecular complexity index is 677. The molecule has 0 saturated heterocycles.